The van der Waals surface area contributed by atoms with Gasteiger partial charge in [-0.2, -0.15) is 0 Å². The second-order valence-corrected chi connectivity index (χ2v) is 2.16. The molecular weight excluding hydrogens is 219 g/mol. The molecule has 0 aromatic heterocycles. The molecule has 13 heavy (non-hydrogen) atoms. The second-order valence-electron chi connectivity index (χ2n) is 1.72. The first-order chi connectivity index (χ1) is 6.08. The van der Waals surface area contributed by atoms with Crippen LogP contribution in [0.1, 0.15) is 20.3 Å². The lowest BCUT2D eigenvalue weighted by Gasteiger charge is -1.92. The first kappa shape index (κ1) is 15.0. The van der Waals surface area contributed by atoms with Gasteiger partial charge in [0.2, 0.25) is 0 Å². The van der Waals surface area contributed by atoms with Gasteiger partial charge in [-0.15, -0.1) is 0 Å². The molecule has 0 aromatic rings. The van der Waals surface area contributed by atoms with Crippen LogP contribution in [-0.4, -0.2) is 24.1 Å². The van der Waals surface area contributed by atoms with E-state index in [2.05, 4.69) is 9.47 Å². The number of carbonyl (C=O) groups is 2. The molecule has 0 amide bonds. The summed E-state index contributed by atoms with van der Waals surface area (Å²) in [5.74, 6) is -0.597. The summed E-state index contributed by atoms with van der Waals surface area (Å²) in [4.78, 5) is 19.8. The highest BCUT2D eigenvalue weighted by atomic mass is 35.5. The summed E-state index contributed by atoms with van der Waals surface area (Å²) in [6, 6.07) is -0.0813. The van der Waals surface area contributed by atoms with Crippen molar-refractivity contribution >= 4 is 35.1 Å². The lowest BCUT2D eigenvalue weighted by Crippen LogP contribution is -1.98. The normalized spacial score (nSPS) is 8.00. The Balaban J connectivity index is 0. The van der Waals surface area contributed by atoms with Crippen molar-refractivity contribution in [2.75, 3.05) is 12.1 Å². The first-order valence-electron chi connectivity index (χ1n) is 3.49. The van der Waals surface area contributed by atoms with Crippen LogP contribution in [0.4, 0.5) is 0 Å². The zero-order valence-corrected chi connectivity index (χ0v) is 9.02. The molecule has 0 atom stereocenters. The van der Waals surface area contributed by atoms with Crippen molar-refractivity contribution < 1.29 is 19.1 Å². The van der Waals surface area contributed by atoms with Crippen molar-refractivity contribution in [3.63, 3.8) is 0 Å². The van der Waals surface area contributed by atoms with E-state index >= 15 is 0 Å². The molecule has 0 unspecified atom stereocenters. The van der Waals surface area contributed by atoms with E-state index in [1.807, 2.05) is 0 Å². The molecule has 0 radical (unpaired) electrons. The molecule has 6 heteroatoms. The zero-order valence-electron chi connectivity index (χ0n) is 7.51. The Kier molecular flexibility index (Phi) is 13.3. The fraction of sp³-hybridized carbons (Fsp3) is 0.714. The highest BCUT2D eigenvalue weighted by Crippen LogP contribution is 1.84. The fourth-order valence-corrected chi connectivity index (χ4v) is 0.515. The van der Waals surface area contributed by atoms with E-state index in [0.717, 1.165) is 0 Å². The SMILES string of the molecule is CC(=O)OCCl.CCC(=O)OCCl. The number of ether oxygens (including phenoxy) is 2. The number of halogens is 2. The Morgan fingerprint density at radius 3 is 1.69 bits per heavy atom. The highest BCUT2D eigenvalue weighted by molar-refractivity contribution is 6.17. The van der Waals surface area contributed by atoms with Gasteiger partial charge in [0, 0.05) is 13.3 Å². The summed E-state index contributed by atoms with van der Waals surface area (Å²) in [6.07, 6.45) is 0.396. The predicted molar refractivity (Wildman–Crippen MR) is 49.6 cm³/mol. The van der Waals surface area contributed by atoms with Crippen LogP contribution in [0.2, 0.25) is 0 Å². The van der Waals surface area contributed by atoms with Crippen LogP contribution in [-0.2, 0) is 19.1 Å². The van der Waals surface area contributed by atoms with Gasteiger partial charge in [-0.25, -0.2) is 0 Å². The molecule has 0 aliphatic carbocycles. The first-order valence-corrected chi connectivity index (χ1v) is 4.56. The molecule has 0 aliphatic heterocycles. The molecule has 78 valence electrons. The van der Waals surface area contributed by atoms with Crippen LogP contribution in [0.15, 0.2) is 0 Å². The second kappa shape index (κ2) is 11.5. The van der Waals surface area contributed by atoms with Crippen molar-refractivity contribution in [2.45, 2.75) is 20.3 Å². The monoisotopic (exact) mass is 230 g/mol. The molecule has 0 fully saturated rings. The van der Waals surface area contributed by atoms with E-state index in [1.165, 1.54) is 6.92 Å². The predicted octanol–water partition coefficient (Wildman–Crippen LogP) is 1.88. The van der Waals surface area contributed by atoms with Crippen molar-refractivity contribution in [3.8, 4) is 0 Å². The van der Waals surface area contributed by atoms with Crippen molar-refractivity contribution in [1.82, 2.24) is 0 Å². The van der Waals surface area contributed by atoms with Crippen LogP contribution < -0.4 is 0 Å². The van der Waals surface area contributed by atoms with Crippen molar-refractivity contribution in [2.24, 2.45) is 0 Å². The lowest BCUT2D eigenvalue weighted by molar-refractivity contribution is -0.141. The lowest BCUT2D eigenvalue weighted by atomic mass is 10.5. The van der Waals surface area contributed by atoms with Gasteiger partial charge >= 0.3 is 11.9 Å². The maximum absolute atomic E-state index is 10.1. The molecule has 0 spiro atoms. The molecule has 0 heterocycles. The highest BCUT2D eigenvalue weighted by Gasteiger charge is 1.92. The minimum Gasteiger partial charge on any atom is -0.450 e. The van der Waals surface area contributed by atoms with Crippen LogP contribution >= 0.6 is 23.2 Å². The van der Waals surface area contributed by atoms with Gasteiger partial charge < -0.3 is 9.47 Å². The number of hydrogen-bond donors (Lipinski definition) is 0. The Hall–Kier alpha value is -0.480. The summed E-state index contributed by atoms with van der Waals surface area (Å²) in [5.41, 5.74) is 0. The van der Waals surface area contributed by atoms with Gasteiger partial charge in [0.1, 0.15) is 0 Å². The Bertz CT molecular complexity index is 149. The van der Waals surface area contributed by atoms with Gasteiger partial charge in [-0.1, -0.05) is 30.1 Å². The number of hydrogen-bond acceptors (Lipinski definition) is 4. The van der Waals surface area contributed by atoms with Crippen molar-refractivity contribution in [3.05, 3.63) is 0 Å². The Morgan fingerprint density at radius 2 is 1.62 bits per heavy atom. The minimum absolute atomic E-state index is 0.0350. The number of rotatable bonds is 3. The van der Waals surface area contributed by atoms with Crippen LogP contribution in [0.3, 0.4) is 0 Å². The van der Waals surface area contributed by atoms with E-state index in [4.69, 9.17) is 23.2 Å². The van der Waals surface area contributed by atoms with Gasteiger partial charge in [0.05, 0.1) is 0 Å². The van der Waals surface area contributed by atoms with E-state index in [0.29, 0.717) is 6.42 Å². The number of esters is 2. The maximum Gasteiger partial charge on any atom is 0.306 e. The Morgan fingerprint density at radius 1 is 1.15 bits per heavy atom. The molecule has 0 aromatic carbocycles. The minimum atomic E-state index is -0.343. The third-order valence-electron chi connectivity index (χ3n) is 0.762. The van der Waals surface area contributed by atoms with Crippen molar-refractivity contribution in [1.29, 1.82) is 0 Å². The third kappa shape index (κ3) is 18.5. The summed E-state index contributed by atoms with van der Waals surface area (Å²) in [6.45, 7) is 3.03. The van der Waals surface area contributed by atoms with Crippen LogP contribution in [0.5, 0.6) is 0 Å². The Labute approximate surface area is 87.1 Å². The standard InChI is InChI=1S/C4H7ClO2.C3H5ClO2/c1-2-4(6)7-3-5;1-3(5)6-2-4/h2-3H2,1H3;2H2,1H3. The average Bonchev–Trinajstić information content (AvgIpc) is 2.05. The molecule has 0 N–H and O–H groups in total. The fourth-order valence-electron chi connectivity index (χ4n) is 0.240. The van der Waals surface area contributed by atoms with Gasteiger partial charge in [-0.05, 0) is 0 Å². The molecule has 0 aliphatic rings. The van der Waals surface area contributed by atoms with Gasteiger partial charge in [0.25, 0.3) is 0 Å². The largest absolute Gasteiger partial charge is 0.450 e. The molecular formula is C7H12Cl2O4. The third-order valence-corrected chi connectivity index (χ3v) is 0.980. The van der Waals surface area contributed by atoms with E-state index < -0.39 is 0 Å². The number of alkyl halides is 2. The molecule has 0 saturated heterocycles. The topological polar surface area (TPSA) is 52.6 Å². The van der Waals surface area contributed by atoms with Gasteiger partial charge in [-0.3, -0.25) is 9.59 Å². The van der Waals surface area contributed by atoms with Crippen LogP contribution in [0, 0.1) is 0 Å². The quantitative estimate of drug-likeness (QED) is 0.549. The molecule has 0 saturated carbocycles. The smallest absolute Gasteiger partial charge is 0.306 e. The summed E-state index contributed by atoms with van der Waals surface area (Å²) in [7, 11) is 0. The number of carbonyl (C=O) groups excluding carboxylic acids is 2. The average molecular weight is 231 g/mol. The van der Waals surface area contributed by atoms with Gasteiger partial charge in [0.15, 0.2) is 12.1 Å². The van der Waals surface area contributed by atoms with E-state index in [1.54, 1.807) is 6.92 Å². The summed E-state index contributed by atoms with van der Waals surface area (Å²) in [5, 5.41) is 0. The zero-order chi connectivity index (χ0) is 10.7. The summed E-state index contributed by atoms with van der Waals surface area (Å²) < 4.78 is 8.49. The maximum atomic E-state index is 10.1. The summed E-state index contributed by atoms with van der Waals surface area (Å²) >= 11 is 9.99. The van der Waals surface area contributed by atoms with E-state index in [9.17, 15) is 9.59 Å². The molecule has 4 nitrogen and oxygen atoms in total. The van der Waals surface area contributed by atoms with E-state index in [-0.39, 0.29) is 24.1 Å². The van der Waals surface area contributed by atoms with Crippen LogP contribution in [0.25, 0.3) is 0 Å². The molecule has 0 bridgehead atoms. The molecule has 0 rings (SSSR count).